The molecule has 1 aliphatic carbocycles. The minimum atomic E-state index is -1.10. The van der Waals surface area contributed by atoms with E-state index in [1.165, 1.54) is 25.7 Å². The van der Waals surface area contributed by atoms with E-state index < -0.39 is 11.5 Å². The van der Waals surface area contributed by atoms with Crippen molar-refractivity contribution in [3.8, 4) is 0 Å². The van der Waals surface area contributed by atoms with Crippen LogP contribution in [0, 0.1) is 11.8 Å². The Kier molecular flexibility index (Phi) is 8.02. The van der Waals surface area contributed by atoms with Crippen LogP contribution in [0.1, 0.15) is 88.4 Å². The molecule has 0 bridgehead atoms. The quantitative estimate of drug-likeness (QED) is 0.453. The Morgan fingerprint density at radius 3 is 2.42 bits per heavy atom. The number of Topliss-reactive ketones (excluding diaryl/α,β-unsaturated/α-hetero) is 2. The van der Waals surface area contributed by atoms with Gasteiger partial charge in [0.15, 0.2) is 5.78 Å². The summed E-state index contributed by atoms with van der Waals surface area (Å²) in [4.78, 5) is 25.9. The molecule has 3 heteroatoms. The van der Waals surface area contributed by atoms with Gasteiger partial charge in [-0.25, -0.2) is 0 Å². The molecule has 1 fully saturated rings. The predicted molar refractivity (Wildman–Crippen MR) is 105 cm³/mol. The molecule has 3 nitrogen and oxygen atoms in total. The lowest BCUT2D eigenvalue weighted by Crippen LogP contribution is -2.49. The lowest BCUT2D eigenvalue weighted by molar-refractivity contribution is -0.131. The molecule has 0 radical (unpaired) electrons. The van der Waals surface area contributed by atoms with Crippen molar-refractivity contribution in [3.63, 3.8) is 0 Å². The number of rotatable bonds is 10. The van der Waals surface area contributed by atoms with E-state index in [1.54, 1.807) is 19.1 Å². The topological polar surface area (TPSA) is 54.4 Å². The van der Waals surface area contributed by atoms with Gasteiger partial charge >= 0.3 is 0 Å². The van der Waals surface area contributed by atoms with Crippen LogP contribution in [0.4, 0.5) is 0 Å². The lowest BCUT2D eigenvalue weighted by atomic mass is 9.65. The van der Waals surface area contributed by atoms with Gasteiger partial charge < -0.3 is 5.11 Å². The summed E-state index contributed by atoms with van der Waals surface area (Å²) < 4.78 is 0. The fourth-order valence-corrected chi connectivity index (χ4v) is 4.29. The molecule has 0 saturated heterocycles. The third-order valence-electron chi connectivity index (χ3n) is 5.80. The summed E-state index contributed by atoms with van der Waals surface area (Å²) in [7, 11) is 0. The number of benzene rings is 1. The van der Waals surface area contributed by atoms with Crippen molar-refractivity contribution in [2.45, 2.75) is 83.7 Å². The Labute approximate surface area is 158 Å². The van der Waals surface area contributed by atoms with Crippen LogP contribution >= 0.6 is 0 Å². The van der Waals surface area contributed by atoms with Crippen molar-refractivity contribution < 1.29 is 14.7 Å². The molecule has 1 aromatic carbocycles. The zero-order valence-corrected chi connectivity index (χ0v) is 16.4. The van der Waals surface area contributed by atoms with Crippen LogP contribution in [0.3, 0.4) is 0 Å². The predicted octanol–water partition coefficient (Wildman–Crippen LogP) is 5.36. The van der Waals surface area contributed by atoms with Crippen molar-refractivity contribution in [3.05, 3.63) is 35.9 Å². The number of hydrogen-bond acceptors (Lipinski definition) is 3. The molecule has 1 N–H and O–H groups in total. The molecule has 3 atom stereocenters. The van der Waals surface area contributed by atoms with Crippen LogP contribution in [0.5, 0.6) is 0 Å². The molecule has 0 heterocycles. The van der Waals surface area contributed by atoms with Crippen molar-refractivity contribution in [2.24, 2.45) is 11.8 Å². The van der Waals surface area contributed by atoms with Gasteiger partial charge in [-0.2, -0.15) is 0 Å². The summed E-state index contributed by atoms with van der Waals surface area (Å²) in [6.45, 7) is 3.92. The molecular weight excluding hydrogens is 324 g/mol. The zero-order chi connectivity index (χ0) is 19.0. The largest absolute Gasteiger partial charge is 0.389 e. The first kappa shape index (κ1) is 20.8. The van der Waals surface area contributed by atoms with E-state index in [0.717, 1.165) is 19.3 Å². The average molecular weight is 359 g/mol. The second-order valence-electron chi connectivity index (χ2n) is 8.05. The monoisotopic (exact) mass is 358 g/mol. The molecule has 0 aromatic heterocycles. The van der Waals surface area contributed by atoms with Gasteiger partial charge in [0.2, 0.25) is 0 Å². The van der Waals surface area contributed by atoms with Crippen molar-refractivity contribution in [2.75, 3.05) is 0 Å². The number of unbranched alkanes of at least 4 members (excludes halogenated alkanes) is 5. The van der Waals surface area contributed by atoms with E-state index in [2.05, 4.69) is 6.92 Å². The summed E-state index contributed by atoms with van der Waals surface area (Å²) >= 11 is 0. The fraction of sp³-hybridized carbons (Fsp3) is 0.652. The van der Waals surface area contributed by atoms with Crippen molar-refractivity contribution >= 4 is 11.6 Å². The van der Waals surface area contributed by atoms with Gasteiger partial charge in [0, 0.05) is 17.9 Å². The van der Waals surface area contributed by atoms with Gasteiger partial charge in [-0.05, 0) is 32.6 Å². The third-order valence-corrected chi connectivity index (χ3v) is 5.80. The molecule has 0 spiro atoms. The number of carbonyl (C=O) groups excluding carboxylic acids is 2. The van der Waals surface area contributed by atoms with Crippen LogP contribution in [-0.4, -0.2) is 22.3 Å². The Hall–Kier alpha value is -1.48. The van der Waals surface area contributed by atoms with E-state index in [9.17, 15) is 14.7 Å². The number of carbonyl (C=O) groups is 2. The second-order valence-corrected chi connectivity index (χ2v) is 8.05. The van der Waals surface area contributed by atoms with Gasteiger partial charge in [-0.3, -0.25) is 9.59 Å². The summed E-state index contributed by atoms with van der Waals surface area (Å²) in [6, 6.07) is 9.09. The van der Waals surface area contributed by atoms with E-state index in [-0.39, 0.29) is 17.5 Å². The van der Waals surface area contributed by atoms with E-state index in [0.29, 0.717) is 24.8 Å². The summed E-state index contributed by atoms with van der Waals surface area (Å²) in [6.07, 6.45) is 9.49. The Morgan fingerprint density at radius 2 is 1.73 bits per heavy atom. The molecule has 144 valence electrons. The lowest BCUT2D eigenvalue weighted by Gasteiger charge is -2.41. The highest BCUT2D eigenvalue weighted by Crippen LogP contribution is 2.41. The Balaban J connectivity index is 2.02. The normalized spacial score (nSPS) is 25.8. The van der Waals surface area contributed by atoms with Gasteiger partial charge in [0.25, 0.3) is 0 Å². The first-order valence-corrected chi connectivity index (χ1v) is 10.3. The first-order valence-electron chi connectivity index (χ1n) is 10.3. The molecule has 1 aromatic rings. The zero-order valence-electron chi connectivity index (χ0n) is 16.4. The maximum Gasteiger partial charge on any atom is 0.169 e. The minimum absolute atomic E-state index is 0.0865. The number of hydrogen-bond donors (Lipinski definition) is 1. The molecule has 0 aliphatic heterocycles. The van der Waals surface area contributed by atoms with E-state index in [1.807, 2.05) is 18.2 Å². The molecule has 1 saturated carbocycles. The van der Waals surface area contributed by atoms with Crippen LogP contribution in [0.2, 0.25) is 0 Å². The van der Waals surface area contributed by atoms with E-state index >= 15 is 0 Å². The maximum atomic E-state index is 13.1. The Morgan fingerprint density at radius 1 is 1.08 bits per heavy atom. The molecular formula is C23H34O3. The van der Waals surface area contributed by atoms with Crippen molar-refractivity contribution in [1.82, 2.24) is 0 Å². The van der Waals surface area contributed by atoms with Gasteiger partial charge in [-0.1, -0.05) is 69.4 Å². The van der Waals surface area contributed by atoms with Crippen LogP contribution in [0.25, 0.3) is 0 Å². The molecule has 1 aliphatic rings. The Bertz CT molecular complexity index is 576. The summed E-state index contributed by atoms with van der Waals surface area (Å²) in [5.74, 6) is -0.889. The molecule has 26 heavy (non-hydrogen) atoms. The second kappa shape index (κ2) is 10.0. The highest BCUT2D eigenvalue weighted by atomic mass is 16.3. The van der Waals surface area contributed by atoms with Crippen LogP contribution in [-0.2, 0) is 4.79 Å². The SMILES string of the molecule is CCCCCCCCC(=O)[C@H]1CCC[C@](C)(O)[C@@H]1C(=O)c1ccccc1. The molecule has 0 amide bonds. The standard InChI is InChI=1S/C23H34O3/c1-3-4-5-6-7-11-16-20(24)19-15-12-17-23(2,26)21(19)22(25)18-13-9-8-10-14-18/h8-10,13-14,19,21,26H,3-7,11-12,15-17H2,1-2H3/t19-,21+,23+/m1/s1. The smallest absolute Gasteiger partial charge is 0.169 e. The summed E-state index contributed by atoms with van der Waals surface area (Å²) in [5.41, 5.74) is -0.510. The van der Waals surface area contributed by atoms with Crippen LogP contribution < -0.4 is 0 Å². The maximum absolute atomic E-state index is 13.1. The van der Waals surface area contributed by atoms with Crippen molar-refractivity contribution in [1.29, 1.82) is 0 Å². The van der Waals surface area contributed by atoms with E-state index in [4.69, 9.17) is 0 Å². The van der Waals surface area contributed by atoms with Gasteiger partial charge in [-0.15, -0.1) is 0 Å². The highest BCUT2D eigenvalue weighted by molar-refractivity contribution is 6.01. The van der Waals surface area contributed by atoms with Crippen LogP contribution in [0.15, 0.2) is 30.3 Å². The minimum Gasteiger partial charge on any atom is -0.389 e. The fourth-order valence-electron chi connectivity index (χ4n) is 4.29. The summed E-state index contributed by atoms with van der Waals surface area (Å²) in [5, 5.41) is 10.9. The molecule has 2 rings (SSSR count). The molecule has 0 unspecified atom stereocenters. The number of aliphatic hydroxyl groups is 1. The average Bonchev–Trinajstić information content (AvgIpc) is 2.63. The van der Waals surface area contributed by atoms with Gasteiger partial charge in [0.1, 0.15) is 5.78 Å². The third kappa shape index (κ3) is 5.51. The first-order chi connectivity index (χ1) is 12.5. The van der Waals surface area contributed by atoms with Gasteiger partial charge in [0.05, 0.1) is 11.5 Å². The highest BCUT2D eigenvalue weighted by Gasteiger charge is 2.47. The number of ketones is 2.